The fraction of sp³-hybridized carbons (Fsp3) is 0.346. The van der Waals surface area contributed by atoms with E-state index in [9.17, 15) is 14.4 Å². The molecule has 1 aliphatic rings. The van der Waals surface area contributed by atoms with Crippen LogP contribution in [0, 0.1) is 0 Å². The van der Waals surface area contributed by atoms with E-state index in [2.05, 4.69) is 5.32 Å². The predicted molar refractivity (Wildman–Crippen MR) is 135 cm³/mol. The molecular formula is C26H28N2O4S2. The first kappa shape index (κ1) is 24.2. The first-order chi connectivity index (χ1) is 16.6. The lowest BCUT2D eigenvalue weighted by Gasteiger charge is -2.31. The van der Waals surface area contributed by atoms with Gasteiger partial charge in [0.05, 0.1) is 18.6 Å². The Balaban J connectivity index is 1.70. The lowest BCUT2D eigenvalue weighted by atomic mass is 10.1. The lowest BCUT2D eigenvalue weighted by molar-refractivity contribution is -0.126. The Morgan fingerprint density at radius 1 is 1.03 bits per heavy atom. The van der Waals surface area contributed by atoms with Gasteiger partial charge in [-0.25, -0.2) is 4.79 Å². The van der Waals surface area contributed by atoms with Crippen LogP contribution in [0.15, 0.2) is 59.3 Å². The normalized spacial score (nSPS) is 14.5. The van der Waals surface area contributed by atoms with Gasteiger partial charge in [0.2, 0.25) is 11.8 Å². The van der Waals surface area contributed by atoms with Gasteiger partial charge in [-0.2, -0.15) is 0 Å². The second-order valence-corrected chi connectivity index (χ2v) is 10.2. The number of nitrogens with zero attached hydrogens (tertiary/aromatic N) is 1. The molecule has 6 nitrogen and oxygen atoms in total. The van der Waals surface area contributed by atoms with Gasteiger partial charge in [0, 0.05) is 21.5 Å². The largest absolute Gasteiger partial charge is 0.462 e. The molecule has 2 aromatic heterocycles. The molecule has 1 atom stereocenters. The standard InChI is InChI=1S/C26H28N2O4S2/c1-2-32-26(31)18-11-13-20(14-12-18)28(23(29)17-21-9-5-15-33-21)24(22-10-6-16-34-22)25(30)27-19-7-3-4-8-19/h5-6,9-16,19,24H,2-4,7-8,17H2,1H3,(H,27,30)/t24-/m0/s1. The summed E-state index contributed by atoms with van der Waals surface area (Å²) in [5.74, 6) is -0.769. The highest BCUT2D eigenvalue weighted by Crippen LogP contribution is 2.33. The van der Waals surface area contributed by atoms with Gasteiger partial charge in [-0.05, 0) is 66.9 Å². The number of hydrogen-bond acceptors (Lipinski definition) is 6. The maximum atomic E-state index is 13.7. The van der Waals surface area contributed by atoms with E-state index in [1.807, 2.05) is 35.0 Å². The molecule has 1 saturated carbocycles. The van der Waals surface area contributed by atoms with Crippen LogP contribution in [0.5, 0.6) is 0 Å². The molecule has 178 valence electrons. The van der Waals surface area contributed by atoms with Crippen LogP contribution < -0.4 is 10.2 Å². The molecule has 0 radical (unpaired) electrons. The second-order valence-electron chi connectivity index (χ2n) is 8.20. The quantitative estimate of drug-likeness (QED) is 0.405. The van der Waals surface area contributed by atoms with Crippen molar-refractivity contribution >= 4 is 46.1 Å². The topological polar surface area (TPSA) is 75.7 Å². The molecule has 0 unspecified atom stereocenters. The molecular weight excluding hydrogens is 468 g/mol. The summed E-state index contributed by atoms with van der Waals surface area (Å²) in [6.45, 7) is 2.04. The van der Waals surface area contributed by atoms with Gasteiger partial charge in [-0.15, -0.1) is 22.7 Å². The van der Waals surface area contributed by atoms with E-state index in [0.29, 0.717) is 11.3 Å². The van der Waals surface area contributed by atoms with Crippen LogP contribution in [-0.2, 0) is 20.7 Å². The Morgan fingerprint density at radius 3 is 2.35 bits per heavy atom. The first-order valence-electron chi connectivity index (χ1n) is 11.5. The molecule has 2 amide bonds. The van der Waals surface area contributed by atoms with Crippen molar-refractivity contribution in [2.45, 2.75) is 51.1 Å². The van der Waals surface area contributed by atoms with Crippen LogP contribution in [0.3, 0.4) is 0 Å². The Bertz CT molecular complexity index is 1090. The number of nitrogens with one attached hydrogen (secondary N) is 1. The van der Waals surface area contributed by atoms with Gasteiger partial charge in [0.15, 0.2) is 0 Å². The van der Waals surface area contributed by atoms with Gasteiger partial charge in [-0.3, -0.25) is 14.5 Å². The molecule has 1 N–H and O–H groups in total. The van der Waals surface area contributed by atoms with E-state index in [-0.39, 0.29) is 30.9 Å². The van der Waals surface area contributed by atoms with Crippen LogP contribution >= 0.6 is 22.7 Å². The number of amides is 2. The van der Waals surface area contributed by atoms with Crippen LogP contribution in [0.25, 0.3) is 0 Å². The highest BCUT2D eigenvalue weighted by Gasteiger charge is 2.35. The Hall–Kier alpha value is -2.97. The molecule has 1 aromatic carbocycles. The van der Waals surface area contributed by atoms with E-state index in [1.165, 1.54) is 22.7 Å². The Morgan fingerprint density at radius 2 is 1.74 bits per heavy atom. The van der Waals surface area contributed by atoms with Crippen molar-refractivity contribution in [2.75, 3.05) is 11.5 Å². The van der Waals surface area contributed by atoms with Gasteiger partial charge in [0.1, 0.15) is 6.04 Å². The number of benzene rings is 1. The Kier molecular flexibility index (Phi) is 8.13. The first-order valence-corrected chi connectivity index (χ1v) is 13.3. The number of esters is 1. The zero-order chi connectivity index (χ0) is 23.9. The molecule has 3 aromatic rings. The molecule has 4 rings (SSSR count). The number of ether oxygens (including phenoxy) is 1. The fourth-order valence-corrected chi connectivity index (χ4v) is 5.74. The summed E-state index contributed by atoms with van der Waals surface area (Å²) in [7, 11) is 0. The summed E-state index contributed by atoms with van der Waals surface area (Å²) < 4.78 is 5.08. The predicted octanol–water partition coefficient (Wildman–Crippen LogP) is 5.36. The minimum absolute atomic E-state index is 0.135. The van der Waals surface area contributed by atoms with Crippen LogP contribution in [-0.4, -0.2) is 30.4 Å². The molecule has 8 heteroatoms. The molecule has 34 heavy (non-hydrogen) atoms. The monoisotopic (exact) mass is 496 g/mol. The van der Waals surface area contributed by atoms with Crippen LogP contribution in [0.1, 0.15) is 58.8 Å². The van der Waals surface area contributed by atoms with Crippen molar-refractivity contribution in [1.82, 2.24) is 5.32 Å². The van der Waals surface area contributed by atoms with Crippen molar-refractivity contribution < 1.29 is 19.1 Å². The van der Waals surface area contributed by atoms with Crippen molar-refractivity contribution in [3.8, 4) is 0 Å². The molecule has 0 spiro atoms. The van der Waals surface area contributed by atoms with E-state index in [0.717, 1.165) is 35.4 Å². The number of hydrogen-bond donors (Lipinski definition) is 1. The highest BCUT2D eigenvalue weighted by molar-refractivity contribution is 7.10. The summed E-state index contributed by atoms with van der Waals surface area (Å²) in [5.41, 5.74) is 0.967. The molecule has 1 aliphatic carbocycles. The maximum Gasteiger partial charge on any atom is 0.338 e. The number of carbonyl (C=O) groups is 3. The highest BCUT2D eigenvalue weighted by atomic mass is 32.1. The van der Waals surface area contributed by atoms with E-state index < -0.39 is 12.0 Å². The summed E-state index contributed by atoms with van der Waals surface area (Å²) in [4.78, 5) is 42.7. The summed E-state index contributed by atoms with van der Waals surface area (Å²) in [5, 5.41) is 7.03. The third-order valence-corrected chi connectivity index (χ3v) is 7.65. The summed E-state index contributed by atoms with van der Waals surface area (Å²) >= 11 is 2.97. The Labute approximate surface area is 207 Å². The van der Waals surface area contributed by atoms with Gasteiger partial charge >= 0.3 is 5.97 Å². The molecule has 0 bridgehead atoms. The number of thiophene rings is 2. The fourth-order valence-electron chi connectivity index (χ4n) is 4.23. The van der Waals surface area contributed by atoms with Gasteiger partial charge in [-0.1, -0.05) is 25.0 Å². The van der Waals surface area contributed by atoms with E-state index in [1.54, 1.807) is 36.1 Å². The minimum atomic E-state index is -0.790. The van der Waals surface area contributed by atoms with Crippen LogP contribution in [0.4, 0.5) is 5.69 Å². The van der Waals surface area contributed by atoms with Crippen molar-refractivity contribution in [2.24, 2.45) is 0 Å². The SMILES string of the molecule is CCOC(=O)c1ccc(N(C(=O)Cc2cccs2)[C@H](C(=O)NC2CCCC2)c2cccs2)cc1. The number of rotatable bonds is 9. The zero-order valence-corrected chi connectivity index (χ0v) is 20.7. The molecule has 1 fully saturated rings. The molecule has 0 aliphatic heterocycles. The zero-order valence-electron chi connectivity index (χ0n) is 19.1. The van der Waals surface area contributed by atoms with Crippen molar-refractivity contribution in [1.29, 1.82) is 0 Å². The third-order valence-electron chi connectivity index (χ3n) is 5.85. The van der Waals surface area contributed by atoms with Crippen LogP contribution in [0.2, 0.25) is 0 Å². The van der Waals surface area contributed by atoms with E-state index >= 15 is 0 Å². The number of carbonyl (C=O) groups excluding carboxylic acids is 3. The van der Waals surface area contributed by atoms with Crippen molar-refractivity contribution in [3.05, 3.63) is 74.6 Å². The lowest BCUT2D eigenvalue weighted by Crippen LogP contribution is -2.46. The second kappa shape index (κ2) is 11.4. The summed E-state index contributed by atoms with van der Waals surface area (Å²) in [6.07, 6.45) is 4.31. The maximum absolute atomic E-state index is 13.7. The smallest absolute Gasteiger partial charge is 0.338 e. The number of anilines is 1. The summed E-state index contributed by atoms with van der Waals surface area (Å²) in [6, 6.07) is 13.7. The average molecular weight is 497 g/mol. The van der Waals surface area contributed by atoms with E-state index in [4.69, 9.17) is 4.74 Å². The van der Waals surface area contributed by atoms with Gasteiger partial charge in [0.25, 0.3) is 0 Å². The third kappa shape index (κ3) is 5.74. The molecule has 0 saturated heterocycles. The van der Waals surface area contributed by atoms with Crippen molar-refractivity contribution in [3.63, 3.8) is 0 Å². The average Bonchev–Trinajstić information content (AvgIpc) is 3.62. The van der Waals surface area contributed by atoms with Gasteiger partial charge < -0.3 is 10.1 Å². The molecule has 2 heterocycles. The minimum Gasteiger partial charge on any atom is -0.462 e.